The first kappa shape index (κ1) is 34.3. The maximum absolute atomic E-state index is 11.3. The highest BCUT2D eigenvalue weighted by molar-refractivity contribution is 5.05. The molecule has 0 aliphatic rings. The van der Waals surface area contributed by atoms with Crippen molar-refractivity contribution in [3.63, 3.8) is 0 Å². The Kier molecular flexibility index (Phi) is 21.3. The fraction of sp³-hybridized carbons (Fsp3) is 0.722. The Hall–Kier alpha value is -1.94. The molecule has 2 aromatic heterocycles. The van der Waals surface area contributed by atoms with Crippen LogP contribution in [0.3, 0.4) is 0 Å². The smallest absolute Gasteiger partial charge is 0.183 e. The van der Waals surface area contributed by atoms with E-state index < -0.39 is 0 Å². The summed E-state index contributed by atoms with van der Waals surface area (Å²) in [5.41, 5.74) is 8.23. The number of aryl methyl sites for hydroxylation is 3. The maximum atomic E-state index is 11.3. The lowest BCUT2D eigenvalue weighted by atomic mass is 10.0. The molecule has 0 aliphatic heterocycles. The van der Waals surface area contributed by atoms with Gasteiger partial charge in [0, 0.05) is 29.7 Å². The second-order valence-corrected chi connectivity index (χ2v) is 12.1. The predicted octanol–water partition coefficient (Wildman–Crippen LogP) is 8.93. The number of aromatic nitrogens is 2. The van der Waals surface area contributed by atoms with E-state index in [4.69, 9.17) is 5.73 Å². The van der Waals surface area contributed by atoms with Crippen LogP contribution >= 0.6 is 0 Å². The molecule has 2 aromatic rings. The molecule has 4 heteroatoms. The molecule has 2 N–H and O–H groups in total. The number of nitrogens with two attached hydrogens (primary N) is 1. The van der Waals surface area contributed by atoms with E-state index in [1.54, 1.807) is 12.4 Å². The number of hydrogen-bond donors (Lipinski definition) is 1. The third-order valence-corrected chi connectivity index (χ3v) is 8.31. The topological polar surface area (TPSA) is 56.8 Å². The van der Waals surface area contributed by atoms with Gasteiger partial charge in [-0.25, -0.2) is 4.57 Å². The SMILES string of the molecule is NCCCCCCCCCCCCCc1ccc[n+](CCCCCCCCCCCCCc2ccc[n+]([O-])c2)c1. The van der Waals surface area contributed by atoms with Crippen LogP contribution in [0, 0.1) is 5.21 Å². The van der Waals surface area contributed by atoms with Gasteiger partial charge in [-0.1, -0.05) is 109 Å². The molecule has 226 valence electrons. The van der Waals surface area contributed by atoms with Gasteiger partial charge < -0.3 is 10.9 Å². The van der Waals surface area contributed by atoms with Crippen LogP contribution in [0.2, 0.25) is 0 Å². The van der Waals surface area contributed by atoms with E-state index in [-0.39, 0.29) is 0 Å². The van der Waals surface area contributed by atoms with Crippen molar-refractivity contribution >= 4 is 0 Å². The molecular formula is C36H62N3O+. The Balaban J connectivity index is 1.34. The summed E-state index contributed by atoms with van der Waals surface area (Å²) < 4.78 is 3.32. The van der Waals surface area contributed by atoms with E-state index in [9.17, 15) is 5.21 Å². The fourth-order valence-electron chi connectivity index (χ4n) is 5.79. The molecule has 0 atom stereocenters. The van der Waals surface area contributed by atoms with Gasteiger partial charge in [-0.15, -0.1) is 0 Å². The molecule has 0 bridgehead atoms. The van der Waals surface area contributed by atoms with E-state index in [2.05, 4.69) is 35.2 Å². The maximum Gasteiger partial charge on any atom is 0.183 e. The molecule has 0 spiro atoms. The Morgan fingerprint density at radius 2 is 0.875 bits per heavy atom. The first-order valence-electron chi connectivity index (χ1n) is 17.1. The molecule has 4 nitrogen and oxygen atoms in total. The zero-order valence-electron chi connectivity index (χ0n) is 25.9. The van der Waals surface area contributed by atoms with Gasteiger partial charge in [0.15, 0.2) is 24.8 Å². The predicted molar refractivity (Wildman–Crippen MR) is 170 cm³/mol. The molecular weight excluding hydrogens is 490 g/mol. The largest absolute Gasteiger partial charge is 0.619 e. The molecule has 0 amide bonds. The minimum Gasteiger partial charge on any atom is -0.619 e. The van der Waals surface area contributed by atoms with Crippen LogP contribution in [-0.2, 0) is 19.4 Å². The summed E-state index contributed by atoms with van der Waals surface area (Å²) in [6.07, 6.45) is 40.0. The van der Waals surface area contributed by atoms with Gasteiger partial charge in [0.1, 0.15) is 6.54 Å². The molecule has 0 aliphatic carbocycles. The summed E-state index contributed by atoms with van der Waals surface area (Å²) in [7, 11) is 0. The lowest BCUT2D eigenvalue weighted by molar-refractivity contribution is -0.697. The van der Waals surface area contributed by atoms with Crippen LogP contribution in [0.15, 0.2) is 49.1 Å². The summed E-state index contributed by atoms with van der Waals surface area (Å²) in [6, 6.07) is 8.46. The number of unbranched alkanes of at least 4 members (excludes halogenated alkanes) is 20. The molecule has 0 saturated heterocycles. The number of pyridine rings is 2. The van der Waals surface area contributed by atoms with Crippen LogP contribution in [0.4, 0.5) is 0 Å². The van der Waals surface area contributed by atoms with Gasteiger partial charge in [0.2, 0.25) is 0 Å². The van der Waals surface area contributed by atoms with Crippen molar-refractivity contribution in [2.45, 2.75) is 161 Å². The quantitative estimate of drug-likeness (QED) is 0.0683. The van der Waals surface area contributed by atoms with Crippen LogP contribution in [0.5, 0.6) is 0 Å². The van der Waals surface area contributed by atoms with Crippen molar-refractivity contribution in [3.8, 4) is 0 Å². The Bertz CT molecular complexity index is 840. The fourth-order valence-corrected chi connectivity index (χ4v) is 5.79. The number of hydrogen-bond acceptors (Lipinski definition) is 2. The zero-order chi connectivity index (χ0) is 28.4. The van der Waals surface area contributed by atoms with Crippen LogP contribution in [0.25, 0.3) is 0 Å². The average Bonchev–Trinajstić information content (AvgIpc) is 2.96. The highest BCUT2D eigenvalue weighted by Crippen LogP contribution is 2.14. The van der Waals surface area contributed by atoms with Crippen molar-refractivity contribution in [3.05, 3.63) is 65.4 Å². The molecule has 2 heterocycles. The molecule has 40 heavy (non-hydrogen) atoms. The van der Waals surface area contributed by atoms with Gasteiger partial charge in [0.05, 0.1) is 0 Å². The molecule has 0 unspecified atom stereocenters. The van der Waals surface area contributed by atoms with Gasteiger partial charge in [-0.3, -0.25) is 0 Å². The second-order valence-electron chi connectivity index (χ2n) is 12.1. The lowest BCUT2D eigenvalue weighted by Gasteiger charge is -2.04. The standard InChI is InChI=1S/C36H62N3O/c37-29-21-17-13-9-5-1-3-7-11-15-19-25-35-27-23-31-38(33-35)30-22-18-14-10-6-2-4-8-12-16-20-26-36-28-24-32-39(40)34-36/h23-24,27-28,31-34H,1-22,25-26,29-30,37H2/q+1. The normalized spacial score (nSPS) is 11.3. The van der Waals surface area contributed by atoms with Crippen molar-refractivity contribution in [1.29, 1.82) is 0 Å². The third-order valence-electron chi connectivity index (χ3n) is 8.31. The Morgan fingerprint density at radius 3 is 1.35 bits per heavy atom. The van der Waals surface area contributed by atoms with Crippen LogP contribution in [0.1, 0.15) is 152 Å². The average molecular weight is 553 g/mol. The van der Waals surface area contributed by atoms with Crippen LogP contribution < -0.4 is 15.0 Å². The highest BCUT2D eigenvalue weighted by Gasteiger charge is 2.04. The first-order chi connectivity index (χ1) is 19.8. The molecule has 0 aromatic carbocycles. The van der Waals surface area contributed by atoms with Crippen molar-refractivity contribution in [1.82, 2.24) is 0 Å². The Morgan fingerprint density at radius 1 is 0.475 bits per heavy atom. The molecule has 0 saturated carbocycles. The van der Waals surface area contributed by atoms with Gasteiger partial charge in [0.25, 0.3) is 0 Å². The van der Waals surface area contributed by atoms with E-state index in [0.29, 0.717) is 0 Å². The molecule has 0 radical (unpaired) electrons. The van der Waals surface area contributed by atoms with E-state index >= 15 is 0 Å². The number of nitrogens with zero attached hydrogens (tertiary/aromatic N) is 2. The molecule has 2 rings (SSSR count). The summed E-state index contributed by atoms with van der Waals surface area (Å²) in [6.45, 7) is 2.02. The van der Waals surface area contributed by atoms with Crippen LogP contribution in [-0.4, -0.2) is 6.54 Å². The van der Waals surface area contributed by atoms with E-state index in [0.717, 1.165) is 29.8 Å². The summed E-state index contributed by atoms with van der Waals surface area (Å²) in [4.78, 5) is 0. The van der Waals surface area contributed by atoms with Gasteiger partial charge >= 0.3 is 0 Å². The monoisotopic (exact) mass is 552 g/mol. The summed E-state index contributed by atoms with van der Waals surface area (Å²) >= 11 is 0. The summed E-state index contributed by atoms with van der Waals surface area (Å²) in [5, 5.41) is 11.3. The highest BCUT2D eigenvalue weighted by atomic mass is 16.5. The van der Waals surface area contributed by atoms with Gasteiger partial charge in [-0.05, 0) is 57.2 Å². The minimum absolute atomic E-state index is 0.856. The molecule has 0 fully saturated rings. The van der Waals surface area contributed by atoms with Crippen molar-refractivity contribution in [2.24, 2.45) is 5.73 Å². The van der Waals surface area contributed by atoms with E-state index in [1.165, 1.54) is 153 Å². The Labute approximate surface area is 247 Å². The zero-order valence-corrected chi connectivity index (χ0v) is 25.9. The van der Waals surface area contributed by atoms with Gasteiger partial charge in [-0.2, -0.15) is 4.73 Å². The first-order valence-corrected chi connectivity index (χ1v) is 17.1. The second kappa shape index (κ2) is 24.8. The lowest BCUT2D eigenvalue weighted by Crippen LogP contribution is -2.33. The minimum atomic E-state index is 0.856. The van der Waals surface area contributed by atoms with Crippen molar-refractivity contribution in [2.75, 3.05) is 6.54 Å². The third kappa shape index (κ3) is 19.2. The number of rotatable bonds is 27. The van der Waals surface area contributed by atoms with E-state index in [1.807, 2.05) is 6.07 Å². The summed E-state index contributed by atoms with van der Waals surface area (Å²) in [5.74, 6) is 0. The van der Waals surface area contributed by atoms with Crippen molar-refractivity contribution < 1.29 is 9.30 Å².